The zero-order valence-electron chi connectivity index (χ0n) is 28.5. The molecule has 2 aromatic rings. The zero-order chi connectivity index (χ0) is 32.4. The minimum Gasteiger partial charge on any atom is -0.290 e. The van der Waals surface area contributed by atoms with Gasteiger partial charge in [0, 0.05) is 6.42 Å². The summed E-state index contributed by atoms with van der Waals surface area (Å²) in [4.78, 5) is 46.3. The van der Waals surface area contributed by atoms with Crippen molar-refractivity contribution in [2.45, 2.75) is 155 Å². The summed E-state index contributed by atoms with van der Waals surface area (Å²) in [5.74, 6) is -1.26. The van der Waals surface area contributed by atoms with Gasteiger partial charge in [-0.25, -0.2) is 9.59 Å². The molecule has 0 aromatic heterocycles. The minimum atomic E-state index is -1.03. The fourth-order valence-electron chi connectivity index (χ4n) is 4.94. The second-order valence-electron chi connectivity index (χ2n) is 14.0. The van der Waals surface area contributed by atoms with Crippen molar-refractivity contribution in [3.63, 3.8) is 0 Å². The molecule has 246 valence electrons. The van der Waals surface area contributed by atoms with Crippen LogP contribution < -0.4 is 0 Å². The Morgan fingerprint density at radius 3 is 1.16 bits per heavy atom. The Labute approximate surface area is 267 Å². The molecule has 0 saturated heterocycles. The summed E-state index contributed by atoms with van der Waals surface area (Å²) in [6.07, 6.45) is 15.5. The van der Waals surface area contributed by atoms with Gasteiger partial charge in [-0.1, -0.05) is 150 Å². The third-order valence-electron chi connectivity index (χ3n) is 7.98. The standard InChI is InChI=1S/C38H58O6/c1-8-9-10-11-12-13-14-15-16-17-18-19-20-21-34(41-43-35(39)30-22-26-32(27-23-30)37(2,3)4)42-44-36(40)31-24-28-33(29-25-31)38(5,6)7/h22-29,34H,8-21H2,1-7H3. The molecule has 0 radical (unpaired) electrons. The average molecular weight is 611 g/mol. The first-order valence-electron chi connectivity index (χ1n) is 16.9. The Bertz CT molecular complexity index is 1000. The summed E-state index contributed by atoms with van der Waals surface area (Å²) in [5, 5.41) is 0. The lowest BCUT2D eigenvalue weighted by Gasteiger charge is -2.19. The lowest BCUT2D eigenvalue weighted by atomic mass is 9.87. The zero-order valence-corrected chi connectivity index (χ0v) is 28.5. The molecule has 0 unspecified atom stereocenters. The largest absolute Gasteiger partial charge is 0.373 e. The average Bonchev–Trinajstić information content (AvgIpc) is 2.99. The first kappa shape index (κ1) is 37.5. The van der Waals surface area contributed by atoms with Gasteiger partial charge >= 0.3 is 11.9 Å². The molecule has 6 heteroatoms. The predicted molar refractivity (Wildman–Crippen MR) is 177 cm³/mol. The molecule has 0 bridgehead atoms. The molecule has 0 spiro atoms. The first-order chi connectivity index (χ1) is 20.9. The maximum atomic E-state index is 12.7. The molecule has 0 aliphatic carbocycles. The van der Waals surface area contributed by atoms with Crippen LogP contribution in [0.2, 0.25) is 0 Å². The first-order valence-corrected chi connectivity index (χ1v) is 16.9. The van der Waals surface area contributed by atoms with Crippen molar-refractivity contribution >= 4 is 11.9 Å². The highest BCUT2D eigenvalue weighted by Crippen LogP contribution is 2.24. The maximum absolute atomic E-state index is 12.7. The fraction of sp³-hybridized carbons (Fsp3) is 0.632. The Balaban J connectivity index is 1.82. The van der Waals surface area contributed by atoms with Gasteiger partial charge in [-0.05, 0) is 52.6 Å². The predicted octanol–water partition coefficient (Wildman–Crippen LogP) is 11.0. The highest BCUT2D eigenvalue weighted by molar-refractivity contribution is 5.89. The summed E-state index contributed by atoms with van der Waals surface area (Å²) in [6.45, 7) is 14.9. The van der Waals surface area contributed by atoms with Crippen molar-refractivity contribution in [1.82, 2.24) is 0 Å². The molecule has 0 fully saturated rings. The van der Waals surface area contributed by atoms with Crippen LogP contribution in [-0.2, 0) is 30.4 Å². The Hall–Kier alpha value is -2.70. The van der Waals surface area contributed by atoms with Crippen molar-refractivity contribution in [1.29, 1.82) is 0 Å². The van der Waals surface area contributed by atoms with Crippen LogP contribution >= 0.6 is 0 Å². The van der Waals surface area contributed by atoms with Crippen molar-refractivity contribution in [3.8, 4) is 0 Å². The van der Waals surface area contributed by atoms with Crippen molar-refractivity contribution in [2.24, 2.45) is 0 Å². The van der Waals surface area contributed by atoms with Crippen LogP contribution in [-0.4, -0.2) is 18.2 Å². The van der Waals surface area contributed by atoms with Gasteiger partial charge in [0.1, 0.15) is 0 Å². The highest BCUT2D eigenvalue weighted by atomic mass is 17.3. The minimum absolute atomic E-state index is 0.0251. The van der Waals surface area contributed by atoms with Crippen molar-refractivity contribution in [2.75, 3.05) is 0 Å². The van der Waals surface area contributed by atoms with E-state index in [9.17, 15) is 9.59 Å². The van der Waals surface area contributed by atoms with Gasteiger partial charge in [0.05, 0.1) is 11.1 Å². The number of hydrogen-bond donors (Lipinski definition) is 0. The van der Waals surface area contributed by atoms with Gasteiger partial charge < -0.3 is 0 Å². The van der Waals surface area contributed by atoms with E-state index in [4.69, 9.17) is 19.6 Å². The summed E-state index contributed by atoms with van der Waals surface area (Å²) < 4.78 is 0. The second kappa shape index (κ2) is 19.6. The van der Waals surface area contributed by atoms with Gasteiger partial charge in [0.2, 0.25) is 6.29 Å². The van der Waals surface area contributed by atoms with E-state index in [-0.39, 0.29) is 10.8 Å². The van der Waals surface area contributed by atoms with Crippen molar-refractivity contribution in [3.05, 3.63) is 70.8 Å². The van der Waals surface area contributed by atoms with E-state index >= 15 is 0 Å². The topological polar surface area (TPSA) is 71.1 Å². The molecular weight excluding hydrogens is 552 g/mol. The SMILES string of the molecule is CCCCCCCCCCCCCCCC(OOC(=O)c1ccc(C(C)(C)C)cc1)OOC(=O)c1ccc(C(C)(C)C)cc1. The lowest BCUT2D eigenvalue weighted by molar-refractivity contribution is -0.421. The van der Waals surface area contributed by atoms with Crippen LogP contribution in [0.25, 0.3) is 0 Å². The van der Waals surface area contributed by atoms with Crippen LogP contribution in [0.5, 0.6) is 0 Å². The molecule has 0 heterocycles. The van der Waals surface area contributed by atoms with Crippen LogP contribution in [0.1, 0.15) is 170 Å². The third-order valence-corrected chi connectivity index (χ3v) is 7.98. The normalized spacial score (nSPS) is 12.0. The van der Waals surface area contributed by atoms with Crippen LogP contribution in [0.4, 0.5) is 0 Å². The van der Waals surface area contributed by atoms with Crippen LogP contribution in [0.15, 0.2) is 48.5 Å². The molecule has 0 atom stereocenters. The molecule has 2 rings (SSSR count). The van der Waals surface area contributed by atoms with E-state index in [0.717, 1.165) is 30.4 Å². The molecule has 0 aliphatic heterocycles. The monoisotopic (exact) mass is 610 g/mol. The molecule has 0 amide bonds. The van der Waals surface area contributed by atoms with Gasteiger partial charge in [-0.2, -0.15) is 0 Å². The quantitative estimate of drug-likeness (QED) is 0.0643. The van der Waals surface area contributed by atoms with E-state index < -0.39 is 18.2 Å². The van der Waals surface area contributed by atoms with Crippen molar-refractivity contribution < 1.29 is 29.1 Å². The molecule has 0 aliphatic rings. The molecule has 0 N–H and O–H groups in total. The maximum Gasteiger partial charge on any atom is 0.373 e. The molecule has 6 nitrogen and oxygen atoms in total. The molecule has 2 aromatic carbocycles. The molecule has 44 heavy (non-hydrogen) atoms. The van der Waals surface area contributed by atoms with E-state index in [1.807, 2.05) is 24.3 Å². The van der Waals surface area contributed by atoms with Gasteiger partial charge in [-0.15, -0.1) is 9.78 Å². The smallest absolute Gasteiger partial charge is 0.290 e. The second-order valence-corrected chi connectivity index (χ2v) is 14.0. The highest BCUT2D eigenvalue weighted by Gasteiger charge is 2.21. The molecule has 0 saturated carbocycles. The Morgan fingerprint density at radius 2 is 0.841 bits per heavy atom. The van der Waals surface area contributed by atoms with Gasteiger partial charge in [0.25, 0.3) is 0 Å². The van der Waals surface area contributed by atoms with Crippen LogP contribution in [0.3, 0.4) is 0 Å². The lowest BCUT2D eigenvalue weighted by Crippen LogP contribution is -2.22. The summed E-state index contributed by atoms with van der Waals surface area (Å²) >= 11 is 0. The number of rotatable bonds is 20. The third kappa shape index (κ3) is 14.9. The van der Waals surface area contributed by atoms with Gasteiger partial charge in [0.15, 0.2) is 0 Å². The number of hydrogen-bond acceptors (Lipinski definition) is 6. The number of unbranched alkanes of at least 4 members (excludes halogenated alkanes) is 12. The van der Waals surface area contributed by atoms with E-state index in [1.54, 1.807) is 24.3 Å². The summed E-state index contributed by atoms with van der Waals surface area (Å²) in [5.41, 5.74) is 2.91. The number of carbonyl (C=O) groups is 2. The number of benzene rings is 2. The number of carbonyl (C=O) groups excluding carboxylic acids is 2. The van der Waals surface area contributed by atoms with Gasteiger partial charge in [-0.3, -0.25) is 9.78 Å². The fourth-order valence-corrected chi connectivity index (χ4v) is 4.94. The Morgan fingerprint density at radius 1 is 0.523 bits per heavy atom. The summed E-state index contributed by atoms with van der Waals surface area (Å²) in [7, 11) is 0. The van der Waals surface area contributed by atoms with Crippen LogP contribution in [0, 0.1) is 0 Å². The Kier molecular flexibility index (Phi) is 16.7. The molecular formula is C38H58O6. The van der Waals surface area contributed by atoms with E-state index in [0.29, 0.717) is 17.5 Å². The van der Waals surface area contributed by atoms with E-state index in [2.05, 4.69) is 48.5 Å². The van der Waals surface area contributed by atoms with E-state index in [1.165, 1.54) is 64.2 Å². The summed E-state index contributed by atoms with van der Waals surface area (Å²) in [6, 6.07) is 14.5.